The van der Waals surface area contributed by atoms with Crippen LogP contribution in [0.2, 0.25) is 0 Å². The van der Waals surface area contributed by atoms with Crippen LogP contribution in [-0.4, -0.2) is 40.0 Å². The molecule has 1 atom stereocenters. The van der Waals surface area contributed by atoms with Crippen LogP contribution in [0.1, 0.15) is 23.7 Å². The summed E-state index contributed by atoms with van der Waals surface area (Å²) < 4.78 is 43.5. The zero-order chi connectivity index (χ0) is 27.0. The van der Waals surface area contributed by atoms with E-state index < -0.39 is 35.4 Å². The van der Waals surface area contributed by atoms with Crippen LogP contribution in [-0.2, 0) is 32.2 Å². The van der Waals surface area contributed by atoms with Gasteiger partial charge in [-0.2, -0.15) is 13.2 Å². The zero-order valence-electron chi connectivity index (χ0n) is 19.6. The topological polar surface area (TPSA) is 115 Å². The lowest BCUT2D eigenvalue weighted by molar-refractivity contribution is -0.231. The lowest BCUT2D eigenvalue weighted by atomic mass is 9.80. The molecule has 4 rings (SSSR count). The van der Waals surface area contributed by atoms with Crippen LogP contribution < -0.4 is 10.1 Å². The van der Waals surface area contributed by atoms with Crippen LogP contribution >= 0.6 is 0 Å². The van der Waals surface area contributed by atoms with Gasteiger partial charge in [0, 0.05) is 16.6 Å². The Hall–Kier alpha value is -4.48. The van der Waals surface area contributed by atoms with Crippen molar-refractivity contribution in [1.82, 2.24) is 15.4 Å². The Labute approximate surface area is 208 Å². The molecule has 1 fully saturated rings. The number of ether oxygens (including phenoxy) is 1. The highest BCUT2D eigenvalue weighted by molar-refractivity contribution is 6.18. The molecule has 192 valence electrons. The molecule has 0 saturated carbocycles. The Balaban J connectivity index is 1.47. The number of carbonyl (C=O) groups is 4. The van der Waals surface area contributed by atoms with Gasteiger partial charge >= 0.3 is 18.2 Å². The number of benzene rings is 2. The van der Waals surface area contributed by atoms with E-state index in [1.807, 2.05) is 37.3 Å². The first kappa shape index (κ1) is 25.6. The average Bonchev–Trinajstić information content (AvgIpc) is 2.84. The lowest BCUT2D eigenvalue weighted by Gasteiger charge is -2.35. The molecular formula is C25H20F3N3O6. The number of nitrogens with zero attached hydrogens (tertiary/aromatic N) is 2. The van der Waals surface area contributed by atoms with Crippen molar-refractivity contribution in [3.8, 4) is 5.75 Å². The fraction of sp³-hybridized carbons (Fsp3) is 0.240. The van der Waals surface area contributed by atoms with Crippen molar-refractivity contribution < 1.29 is 41.9 Å². The molecule has 4 amide bonds. The van der Waals surface area contributed by atoms with E-state index in [1.54, 1.807) is 29.6 Å². The number of rotatable bonds is 6. The second-order valence-corrected chi connectivity index (χ2v) is 8.62. The molecule has 1 saturated heterocycles. The number of pyridine rings is 1. The number of aromatic nitrogens is 1. The molecule has 0 bridgehead atoms. The molecule has 1 aliphatic rings. The van der Waals surface area contributed by atoms with Gasteiger partial charge in [0.2, 0.25) is 5.91 Å². The maximum atomic E-state index is 12.8. The van der Waals surface area contributed by atoms with Crippen LogP contribution in [0.3, 0.4) is 0 Å². The first-order chi connectivity index (χ1) is 17.4. The van der Waals surface area contributed by atoms with E-state index in [0.717, 1.165) is 29.1 Å². The third-order valence-corrected chi connectivity index (χ3v) is 5.77. The van der Waals surface area contributed by atoms with Crippen molar-refractivity contribution in [3.63, 3.8) is 0 Å². The zero-order valence-corrected chi connectivity index (χ0v) is 19.6. The fourth-order valence-electron chi connectivity index (χ4n) is 3.86. The van der Waals surface area contributed by atoms with Crippen molar-refractivity contribution in [3.05, 3.63) is 71.4 Å². The maximum absolute atomic E-state index is 12.8. The largest absolute Gasteiger partial charge is 0.493 e. The van der Waals surface area contributed by atoms with E-state index in [9.17, 15) is 32.3 Å². The Morgan fingerprint density at radius 1 is 1.08 bits per heavy atom. The van der Waals surface area contributed by atoms with E-state index in [4.69, 9.17) is 4.74 Å². The highest BCUT2D eigenvalue weighted by Gasteiger charge is 2.54. The van der Waals surface area contributed by atoms with Crippen molar-refractivity contribution in [2.45, 2.75) is 33.1 Å². The molecule has 2 aromatic carbocycles. The maximum Gasteiger partial charge on any atom is 0.493 e. The van der Waals surface area contributed by atoms with Gasteiger partial charge < -0.3 is 9.57 Å². The van der Waals surface area contributed by atoms with E-state index in [1.165, 1.54) is 0 Å². The van der Waals surface area contributed by atoms with Crippen molar-refractivity contribution in [1.29, 1.82) is 0 Å². The van der Waals surface area contributed by atoms with Gasteiger partial charge in [-0.15, -0.1) is 0 Å². The van der Waals surface area contributed by atoms with Gasteiger partial charge in [0.25, 0.3) is 5.91 Å². The summed E-state index contributed by atoms with van der Waals surface area (Å²) in [5.74, 6) is -4.73. The predicted octanol–water partition coefficient (Wildman–Crippen LogP) is 3.77. The van der Waals surface area contributed by atoms with Crippen LogP contribution in [0.5, 0.6) is 5.75 Å². The number of imide groups is 2. The number of hydrogen-bond donors (Lipinski definition) is 1. The number of hydroxylamine groups is 2. The molecule has 1 unspecified atom stereocenters. The Bertz CT molecular complexity index is 1410. The number of amides is 4. The number of aryl methyl sites for hydroxylation is 1. The Morgan fingerprint density at radius 3 is 2.43 bits per heavy atom. The highest BCUT2D eigenvalue weighted by atomic mass is 19.4. The van der Waals surface area contributed by atoms with Gasteiger partial charge in [-0.1, -0.05) is 35.4 Å². The third kappa shape index (κ3) is 5.22. The highest BCUT2D eigenvalue weighted by Crippen LogP contribution is 2.31. The van der Waals surface area contributed by atoms with Gasteiger partial charge in [0.15, 0.2) is 0 Å². The lowest BCUT2D eigenvalue weighted by Crippen LogP contribution is -2.64. The van der Waals surface area contributed by atoms with E-state index in [0.29, 0.717) is 11.3 Å². The van der Waals surface area contributed by atoms with E-state index in [-0.39, 0.29) is 18.1 Å². The first-order valence-electron chi connectivity index (χ1n) is 10.9. The summed E-state index contributed by atoms with van der Waals surface area (Å²) >= 11 is 0. The van der Waals surface area contributed by atoms with Crippen molar-refractivity contribution >= 4 is 34.7 Å². The molecule has 2 heterocycles. The van der Waals surface area contributed by atoms with Crippen molar-refractivity contribution in [2.75, 3.05) is 0 Å². The van der Waals surface area contributed by atoms with Gasteiger partial charge in [-0.3, -0.25) is 19.9 Å². The van der Waals surface area contributed by atoms with Crippen LogP contribution in [0.25, 0.3) is 10.9 Å². The average molecular weight is 515 g/mol. The summed E-state index contributed by atoms with van der Waals surface area (Å²) in [7, 11) is 0. The summed E-state index contributed by atoms with van der Waals surface area (Å²) in [6, 6.07) is 14.3. The smallest absolute Gasteiger partial charge is 0.489 e. The van der Waals surface area contributed by atoms with Gasteiger partial charge in [-0.25, -0.2) is 9.59 Å². The predicted molar refractivity (Wildman–Crippen MR) is 122 cm³/mol. The number of barbiturate groups is 1. The quantitative estimate of drug-likeness (QED) is 0.497. The number of carbonyl (C=O) groups excluding carboxylic acids is 4. The SMILES string of the molecule is Cc1cc(COc2ccc(CC3(C)C(=O)NC(=O)N(OC(=O)C(F)(F)F)C3=O)cc2)c2ccccc2n1. The number of hydrogen-bond acceptors (Lipinski definition) is 7. The third-order valence-electron chi connectivity index (χ3n) is 5.77. The second kappa shape index (κ2) is 9.52. The van der Waals surface area contributed by atoms with Crippen molar-refractivity contribution in [2.24, 2.45) is 5.41 Å². The minimum absolute atomic E-state index is 0.253. The summed E-state index contributed by atoms with van der Waals surface area (Å²) in [4.78, 5) is 56.6. The molecule has 0 radical (unpaired) electrons. The molecular weight excluding hydrogens is 495 g/mol. The van der Waals surface area contributed by atoms with Gasteiger partial charge in [-0.05, 0) is 50.1 Å². The molecule has 1 aromatic heterocycles. The minimum Gasteiger partial charge on any atom is -0.489 e. The molecule has 12 heteroatoms. The van der Waals surface area contributed by atoms with E-state index in [2.05, 4.69) is 9.82 Å². The second-order valence-electron chi connectivity index (χ2n) is 8.62. The fourth-order valence-corrected chi connectivity index (χ4v) is 3.86. The summed E-state index contributed by atoms with van der Waals surface area (Å²) in [6.07, 6.45) is -5.74. The van der Waals surface area contributed by atoms with E-state index >= 15 is 0 Å². The number of fused-ring (bicyclic) bond motifs is 1. The monoisotopic (exact) mass is 515 g/mol. The number of nitrogens with one attached hydrogen (secondary N) is 1. The number of para-hydroxylation sites is 1. The molecule has 1 N–H and O–H groups in total. The van der Waals surface area contributed by atoms with Crippen LogP contribution in [0.4, 0.5) is 18.0 Å². The summed E-state index contributed by atoms with van der Waals surface area (Å²) in [5.41, 5.74) is 1.04. The number of urea groups is 1. The molecule has 3 aromatic rings. The summed E-state index contributed by atoms with van der Waals surface area (Å²) in [5, 5.41) is 2.32. The van der Waals surface area contributed by atoms with Crippen LogP contribution in [0, 0.1) is 12.3 Å². The van der Waals surface area contributed by atoms with Crippen LogP contribution in [0.15, 0.2) is 54.6 Å². The molecule has 37 heavy (non-hydrogen) atoms. The number of alkyl halides is 3. The molecule has 9 nitrogen and oxygen atoms in total. The summed E-state index contributed by atoms with van der Waals surface area (Å²) in [6.45, 7) is 3.27. The van der Waals surface area contributed by atoms with Gasteiger partial charge in [0.05, 0.1) is 5.52 Å². The molecule has 0 aliphatic carbocycles. The first-order valence-corrected chi connectivity index (χ1v) is 10.9. The Morgan fingerprint density at radius 2 is 1.76 bits per heavy atom. The normalized spacial score (nSPS) is 18.1. The number of halogens is 3. The molecule has 0 spiro atoms. The van der Waals surface area contributed by atoms with Gasteiger partial charge in [0.1, 0.15) is 17.8 Å². The molecule has 1 aliphatic heterocycles. The Kier molecular flexibility index (Phi) is 6.59. The standard InChI is InChI=1S/C25H20F3N3O6/c1-14-11-16(18-5-3-4-6-19(18)29-14)13-36-17-9-7-15(8-10-17)12-24(2)20(32)30-23(35)31(21(24)33)37-22(34)25(26,27)28/h3-11H,12-13H2,1-2H3,(H,30,32,35). The minimum atomic E-state index is -5.45.